The second-order valence-corrected chi connectivity index (χ2v) is 4.35. The number of nitrogens with zero attached hydrogens (tertiary/aromatic N) is 1. The summed E-state index contributed by atoms with van der Waals surface area (Å²) in [6, 6.07) is 5.28. The number of nitrogens with two attached hydrogens (primary N) is 1. The highest BCUT2D eigenvalue weighted by molar-refractivity contribution is 5.44. The first-order valence-electron chi connectivity index (χ1n) is 4.84. The summed E-state index contributed by atoms with van der Waals surface area (Å²) in [6.07, 6.45) is 0. The molecule has 0 radical (unpaired) electrons. The van der Waals surface area contributed by atoms with E-state index < -0.39 is 0 Å². The molecule has 0 amide bonds. The monoisotopic (exact) mass is 208 g/mol. The molecule has 82 valence electrons. The molecule has 1 rings (SSSR count). The predicted octanol–water partition coefficient (Wildman–Crippen LogP) is 2.14. The molecule has 0 bridgehead atoms. The molecule has 4 heteroatoms. The van der Waals surface area contributed by atoms with E-state index in [1.54, 1.807) is 19.1 Å². The fourth-order valence-corrected chi connectivity index (χ4v) is 1.34. The molecule has 0 atom stereocenters. The minimum Gasteiger partial charge on any atom is -0.330 e. The van der Waals surface area contributed by atoms with Gasteiger partial charge in [0.1, 0.15) is 0 Å². The number of hydrogen-bond donors (Lipinski definition) is 1. The zero-order valence-electron chi connectivity index (χ0n) is 9.28. The first-order chi connectivity index (χ1) is 6.88. The van der Waals surface area contributed by atoms with Crippen molar-refractivity contribution in [2.45, 2.75) is 26.2 Å². The minimum absolute atomic E-state index is 0.161. The molecule has 0 heterocycles. The van der Waals surface area contributed by atoms with Crippen LogP contribution in [-0.4, -0.2) is 11.5 Å². The van der Waals surface area contributed by atoms with Crippen LogP contribution in [-0.2, 0) is 5.41 Å². The Balaban J connectivity index is 3.25. The van der Waals surface area contributed by atoms with E-state index in [4.69, 9.17) is 5.73 Å². The topological polar surface area (TPSA) is 69.2 Å². The molecular weight excluding hydrogens is 192 g/mol. The van der Waals surface area contributed by atoms with Gasteiger partial charge in [0.15, 0.2) is 0 Å². The summed E-state index contributed by atoms with van der Waals surface area (Å²) in [5, 5.41) is 10.8. The molecule has 1 aromatic rings. The molecule has 15 heavy (non-hydrogen) atoms. The smallest absolute Gasteiger partial charge is 0.272 e. The third-order valence-electron chi connectivity index (χ3n) is 2.70. The van der Waals surface area contributed by atoms with Gasteiger partial charge in [-0.15, -0.1) is 0 Å². The van der Waals surface area contributed by atoms with Gasteiger partial charge in [0.2, 0.25) is 0 Å². The van der Waals surface area contributed by atoms with Crippen LogP contribution < -0.4 is 5.73 Å². The van der Waals surface area contributed by atoms with Crippen LogP contribution in [0.25, 0.3) is 0 Å². The molecule has 1 aromatic carbocycles. The Labute approximate surface area is 89.2 Å². The summed E-state index contributed by atoms with van der Waals surface area (Å²) >= 11 is 0. The summed E-state index contributed by atoms with van der Waals surface area (Å²) in [5.74, 6) is 0. The lowest BCUT2D eigenvalue weighted by atomic mass is 9.84. The number of aryl methyl sites for hydroxylation is 1. The Morgan fingerprint density at radius 2 is 2.07 bits per heavy atom. The van der Waals surface area contributed by atoms with Crippen molar-refractivity contribution in [2.75, 3.05) is 6.54 Å². The van der Waals surface area contributed by atoms with Gasteiger partial charge in [-0.2, -0.15) is 0 Å². The normalized spacial score (nSPS) is 11.5. The van der Waals surface area contributed by atoms with E-state index in [2.05, 4.69) is 0 Å². The van der Waals surface area contributed by atoms with Crippen molar-refractivity contribution >= 4 is 5.69 Å². The van der Waals surface area contributed by atoms with E-state index in [0.29, 0.717) is 12.1 Å². The van der Waals surface area contributed by atoms with Crippen LogP contribution in [0.1, 0.15) is 25.0 Å². The minimum atomic E-state index is -0.356. The first kappa shape index (κ1) is 11.7. The van der Waals surface area contributed by atoms with Crippen LogP contribution in [0, 0.1) is 17.0 Å². The van der Waals surface area contributed by atoms with Gasteiger partial charge in [0.05, 0.1) is 4.92 Å². The van der Waals surface area contributed by atoms with Crippen LogP contribution in [0.4, 0.5) is 5.69 Å². The van der Waals surface area contributed by atoms with Crippen molar-refractivity contribution in [1.82, 2.24) is 0 Å². The first-order valence-corrected chi connectivity index (χ1v) is 4.84. The molecule has 0 saturated heterocycles. The van der Waals surface area contributed by atoms with Crippen molar-refractivity contribution in [3.63, 3.8) is 0 Å². The van der Waals surface area contributed by atoms with Crippen LogP contribution in [0.2, 0.25) is 0 Å². The quantitative estimate of drug-likeness (QED) is 0.611. The highest BCUT2D eigenvalue weighted by atomic mass is 16.6. The average Bonchev–Trinajstić information content (AvgIpc) is 2.17. The second kappa shape index (κ2) is 3.98. The van der Waals surface area contributed by atoms with E-state index in [-0.39, 0.29) is 16.0 Å². The molecule has 0 aliphatic carbocycles. The van der Waals surface area contributed by atoms with Crippen LogP contribution >= 0.6 is 0 Å². The van der Waals surface area contributed by atoms with E-state index in [9.17, 15) is 10.1 Å². The van der Waals surface area contributed by atoms with Crippen LogP contribution in [0.3, 0.4) is 0 Å². The van der Waals surface area contributed by atoms with Crippen LogP contribution in [0.15, 0.2) is 18.2 Å². The van der Waals surface area contributed by atoms with Gasteiger partial charge in [-0.1, -0.05) is 26.0 Å². The zero-order chi connectivity index (χ0) is 11.6. The Morgan fingerprint density at radius 3 is 2.53 bits per heavy atom. The summed E-state index contributed by atoms with van der Waals surface area (Å²) in [4.78, 5) is 10.4. The van der Waals surface area contributed by atoms with Gasteiger partial charge >= 0.3 is 0 Å². The number of nitro groups is 1. The maximum Gasteiger partial charge on any atom is 0.272 e. The summed E-state index contributed by atoms with van der Waals surface area (Å²) in [5.41, 5.74) is 7.15. The lowest BCUT2D eigenvalue weighted by Gasteiger charge is -2.22. The van der Waals surface area contributed by atoms with Crippen molar-refractivity contribution in [1.29, 1.82) is 0 Å². The SMILES string of the molecule is Cc1ccc(C(C)(C)CN)cc1[N+](=O)[O-]. The zero-order valence-corrected chi connectivity index (χ0v) is 9.28. The third kappa shape index (κ3) is 2.33. The maximum atomic E-state index is 10.8. The molecule has 0 aliphatic rings. The van der Waals surface area contributed by atoms with Gasteiger partial charge in [0, 0.05) is 23.6 Å². The number of rotatable bonds is 3. The van der Waals surface area contributed by atoms with Gasteiger partial charge < -0.3 is 5.73 Å². The fourth-order valence-electron chi connectivity index (χ4n) is 1.34. The molecular formula is C11H16N2O2. The van der Waals surface area contributed by atoms with Gasteiger partial charge in [-0.3, -0.25) is 10.1 Å². The Morgan fingerprint density at radius 1 is 1.47 bits per heavy atom. The second-order valence-electron chi connectivity index (χ2n) is 4.35. The summed E-state index contributed by atoms with van der Waals surface area (Å²) in [7, 11) is 0. The lowest BCUT2D eigenvalue weighted by molar-refractivity contribution is -0.385. The molecule has 0 spiro atoms. The standard InChI is InChI=1S/C11H16N2O2/c1-8-4-5-9(11(2,3)7-12)6-10(8)13(14)15/h4-6H,7,12H2,1-3H3. The van der Waals surface area contributed by atoms with E-state index in [0.717, 1.165) is 5.56 Å². The van der Waals surface area contributed by atoms with Crippen LogP contribution in [0.5, 0.6) is 0 Å². The molecule has 0 saturated carbocycles. The maximum absolute atomic E-state index is 10.8. The molecule has 0 aliphatic heterocycles. The molecule has 0 fully saturated rings. The largest absolute Gasteiger partial charge is 0.330 e. The third-order valence-corrected chi connectivity index (χ3v) is 2.70. The Hall–Kier alpha value is -1.42. The highest BCUT2D eigenvalue weighted by Gasteiger charge is 2.21. The summed E-state index contributed by atoms with van der Waals surface area (Å²) in [6.45, 7) is 6.15. The van der Waals surface area contributed by atoms with E-state index >= 15 is 0 Å². The average molecular weight is 208 g/mol. The van der Waals surface area contributed by atoms with Gasteiger partial charge in [-0.05, 0) is 12.5 Å². The lowest BCUT2D eigenvalue weighted by Crippen LogP contribution is -2.28. The summed E-state index contributed by atoms with van der Waals surface area (Å²) < 4.78 is 0. The van der Waals surface area contributed by atoms with Gasteiger partial charge in [-0.25, -0.2) is 0 Å². The van der Waals surface area contributed by atoms with Crippen molar-refractivity contribution < 1.29 is 4.92 Å². The number of nitro benzene ring substituents is 1. The van der Waals surface area contributed by atoms with Crippen molar-refractivity contribution in [3.8, 4) is 0 Å². The predicted molar refractivity (Wildman–Crippen MR) is 59.9 cm³/mol. The highest BCUT2D eigenvalue weighted by Crippen LogP contribution is 2.27. The van der Waals surface area contributed by atoms with Crippen molar-refractivity contribution in [3.05, 3.63) is 39.4 Å². The van der Waals surface area contributed by atoms with E-state index in [1.165, 1.54) is 0 Å². The molecule has 2 N–H and O–H groups in total. The van der Waals surface area contributed by atoms with Gasteiger partial charge in [0.25, 0.3) is 5.69 Å². The Bertz CT molecular complexity index is 386. The number of hydrogen-bond acceptors (Lipinski definition) is 3. The molecule has 0 aromatic heterocycles. The Kier molecular flexibility index (Phi) is 3.09. The van der Waals surface area contributed by atoms with Crippen molar-refractivity contribution in [2.24, 2.45) is 5.73 Å². The molecule has 0 unspecified atom stereocenters. The van der Waals surface area contributed by atoms with E-state index in [1.807, 2.05) is 19.9 Å². The number of benzene rings is 1. The molecule has 4 nitrogen and oxygen atoms in total. The fraction of sp³-hybridized carbons (Fsp3) is 0.455.